The lowest BCUT2D eigenvalue weighted by Gasteiger charge is -2.12. The van der Waals surface area contributed by atoms with Crippen LogP contribution in [0.2, 0.25) is 5.02 Å². The number of halogens is 1. The van der Waals surface area contributed by atoms with Crippen LogP contribution in [-0.2, 0) is 20.1 Å². The Morgan fingerprint density at radius 1 is 1.17 bits per heavy atom. The Hall–Kier alpha value is -2.99. The molecule has 0 bridgehead atoms. The Kier molecular flexibility index (Phi) is 6.44. The van der Waals surface area contributed by atoms with E-state index in [1.165, 1.54) is 0 Å². The molecule has 152 valence electrons. The topological polar surface area (TPSA) is 72.0 Å². The average molecular weight is 413 g/mol. The van der Waals surface area contributed by atoms with Gasteiger partial charge in [-0.1, -0.05) is 23.7 Å². The van der Waals surface area contributed by atoms with Crippen molar-refractivity contribution >= 4 is 17.5 Å². The largest absolute Gasteiger partial charge is 0.494 e. The molecule has 0 spiro atoms. The number of amides is 1. The predicted octanol–water partition coefficient (Wildman–Crippen LogP) is 3.64. The van der Waals surface area contributed by atoms with E-state index in [2.05, 4.69) is 5.32 Å². The van der Waals surface area contributed by atoms with Gasteiger partial charge in [-0.05, 0) is 54.8 Å². The van der Waals surface area contributed by atoms with Crippen LogP contribution >= 0.6 is 11.6 Å². The number of imidazole rings is 1. The van der Waals surface area contributed by atoms with E-state index in [0.717, 1.165) is 16.7 Å². The average Bonchev–Trinajstić information content (AvgIpc) is 3.01. The second-order valence-electron chi connectivity index (χ2n) is 6.93. The molecule has 1 amide bonds. The highest BCUT2D eigenvalue weighted by Crippen LogP contribution is 2.19. The van der Waals surface area contributed by atoms with Gasteiger partial charge in [-0.15, -0.1) is 0 Å². The number of carbonyl (C=O) groups excluding carboxylic acids is 1. The molecule has 3 aromatic rings. The van der Waals surface area contributed by atoms with Crippen molar-refractivity contribution in [2.75, 3.05) is 6.61 Å². The van der Waals surface area contributed by atoms with Gasteiger partial charge >= 0.3 is 0 Å². The molecule has 2 N–H and O–H groups in total. The number of benzene rings is 2. The predicted molar refractivity (Wildman–Crippen MR) is 113 cm³/mol. The Morgan fingerprint density at radius 2 is 1.97 bits per heavy atom. The summed E-state index contributed by atoms with van der Waals surface area (Å²) in [5.41, 5.74) is 3.77. The fraction of sp³-hybridized carbons (Fsp3) is 0.273. The molecule has 0 radical (unpaired) electrons. The lowest BCUT2D eigenvalue weighted by atomic mass is 10.1. The number of aryl methyl sites for hydroxylation is 2. The first-order chi connectivity index (χ1) is 13.9. The van der Waals surface area contributed by atoms with Gasteiger partial charge in [0.2, 0.25) is 5.62 Å². The molecule has 1 aromatic heterocycles. The van der Waals surface area contributed by atoms with Crippen LogP contribution in [0.5, 0.6) is 5.75 Å². The molecule has 0 atom stereocenters. The molecule has 6 nitrogen and oxygen atoms in total. The first kappa shape index (κ1) is 20.7. The molecule has 29 heavy (non-hydrogen) atoms. The summed E-state index contributed by atoms with van der Waals surface area (Å²) in [5.74, 6) is 0.463. The van der Waals surface area contributed by atoms with Gasteiger partial charge in [0, 0.05) is 36.6 Å². The summed E-state index contributed by atoms with van der Waals surface area (Å²) in [4.78, 5) is 12.8. The molecule has 0 aliphatic rings. The van der Waals surface area contributed by atoms with Crippen molar-refractivity contribution in [1.29, 1.82) is 5.41 Å². The highest BCUT2D eigenvalue weighted by molar-refractivity contribution is 6.31. The molecule has 0 aliphatic heterocycles. The number of nitrogens with zero attached hydrogens (tertiary/aromatic N) is 2. The van der Waals surface area contributed by atoms with Crippen LogP contribution in [-0.4, -0.2) is 21.6 Å². The van der Waals surface area contributed by atoms with Gasteiger partial charge in [0.05, 0.1) is 13.2 Å². The summed E-state index contributed by atoms with van der Waals surface area (Å²) in [6.07, 6.45) is 3.68. The summed E-state index contributed by atoms with van der Waals surface area (Å²) in [5, 5.41) is 11.8. The van der Waals surface area contributed by atoms with E-state index in [1.54, 1.807) is 10.6 Å². The van der Waals surface area contributed by atoms with Crippen LogP contribution in [0, 0.1) is 12.3 Å². The summed E-state index contributed by atoms with van der Waals surface area (Å²) in [7, 11) is 1.83. The van der Waals surface area contributed by atoms with Crippen molar-refractivity contribution in [3.8, 4) is 5.75 Å². The molecule has 2 aromatic carbocycles. The second kappa shape index (κ2) is 9.01. The van der Waals surface area contributed by atoms with Crippen LogP contribution in [0.3, 0.4) is 0 Å². The minimum Gasteiger partial charge on any atom is -0.494 e. The Balaban J connectivity index is 1.80. The Labute approximate surface area is 175 Å². The number of carbonyl (C=O) groups is 1. The van der Waals surface area contributed by atoms with E-state index in [0.29, 0.717) is 41.7 Å². The van der Waals surface area contributed by atoms with E-state index in [-0.39, 0.29) is 5.91 Å². The van der Waals surface area contributed by atoms with Crippen molar-refractivity contribution in [3.05, 3.63) is 81.7 Å². The number of nitrogens with one attached hydrogen (secondary N) is 2. The zero-order chi connectivity index (χ0) is 21.0. The van der Waals surface area contributed by atoms with E-state index in [1.807, 2.05) is 68.2 Å². The summed E-state index contributed by atoms with van der Waals surface area (Å²) < 4.78 is 9.19. The monoisotopic (exact) mass is 412 g/mol. The van der Waals surface area contributed by atoms with Gasteiger partial charge in [-0.3, -0.25) is 10.2 Å². The Morgan fingerprint density at radius 3 is 2.62 bits per heavy atom. The number of ether oxygens (including phenoxy) is 1. The maximum atomic E-state index is 12.8. The molecule has 1 heterocycles. The Bertz CT molecular complexity index is 1080. The van der Waals surface area contributed by atoms with Crippen molar-refractivity contribution < 1.29 is 9.53 Å². The van der Waals surface area contributed by atoms with Gasteiger partial charge in [-0.2, -0.15) is 0 Å². The van der Waals surface area contributed by atoms with Crippen molar-refractivity contribution in [1.82, 2.24) is 14.5 Å². The third kappa shape index (κ3) is 5.09. The van der Waals surface area contributed by atoms with E-state index >= 15 is 0 Å². The van der Waals surface area contributed by atoms with Gasteiger partial charge in [0.1, 0.15) is 5.75 Å². The maximum Gasteiger partial charge on any atom is 0.251 e. The quantitative estimate of drug-likeness (QED) is 0.621. The molecule has 0 aliphatic carbocycles. The van der Waals surface area contributed by atoms with Crippen LogP contribution in [0.1, 0.15) is 34.0 Å². The lowest BCUT2D eigenvalue weighted by molar-refractivity contribution is 0.0950. The summed E-state index contributed by atoms with van der Waals surface area (Å²) in [6, 6.07) is 11.2. The highest BCUT2D eigenvalue weighted by atomic mass is 35.5. The summed E-state index contributed by atoms with van der Waals surface area (Å²) in [6.45, 7) is 5.25. The lowest BCUT2D eigenvalue weighted by Crippen LogP contribution is -2.24. The maximum absolute atomic E-state index is 12.8. The van der Waals surface area contributed by atoms with E-state index < -0.39 is 0 Å². The highest BCUT2D eigenvalue weighted by Gasteiger charge is 2.11. The molecule has 7 heteroatoms. The molecule has 3 rings (SSSR count). The van der Waals surface area contributed by atoms with Crippen molar-refractivity contribution in [2.45, 2.75) is 26.9 Å². The number of hydrogen-bond donors (Lipinski definition) is 2. The van der Waals surface area contributed by atoms with Crippen molar-refractivity contribution in [3.63, 3.8) is 0 Å². The van der Waals surface area contributed by atoms with Crippen LogP contribution in [0.15, 0.2) is 48.8 Å². The minimum absolute atomic E-state index is 0.176. The summed E-state index contributed by atoms with van der Waals surface area (Å²) >= 11 is 6.06. The number of hydrogen-bond acceptors (Lipinski definition) is 3. The first-order valence-corrected chi connectivity index (χ1v) is 9.81. The SMILES string of the molecule is CCOc1cc(Cn2ccn(C)c2=N)cc(C(=O)NCc2ccc(Cl)c(C)c2)c1. The van der Waals surface area contributed by atoms with Crippen molar-refractivity contribution in [2.24, 2.45) is 7.05 Å². The van der Waals surface area contributed by atoms with Gasteiger partial charge in [-0.25, -0.2) is 0 Å². The van der Waals surface area contributed by atoms with Gasteiger partial charge in [0.15, 0.2) is 0 Å². The standard InChI is InChI=1S/C22H25ClN4O2/c1-4-29-19-11-17(14-27-8-7-26(3)22(27)24)10-18(12-19)21(28)25-13-16-5-6-20(23)15(2)9-16/h5-12,24H,4,13-14H2,1-3H3,(H,25,28). The zero-order valence-corrected chi connectivity index (χ0v) is 17.6. The third-order valence-electron chi connectivity index (χ3n) is 4.64. The zero-order valence-electron chi connectivity index (χ0n) is 16.8. The fourth-order valence-electron chi connectivity index (χ4n) is 3.08. The number of rotatable bonds is 7. The van der Waals surface area contributed by atoms with E-state index in [9.17, 15) is 4.79 Å². The normalized spacial score (nSPS) is 10.8. The fourth-order valence-corrected chi connectivity index (χ4v) is 3.20. The molecular formula is C22H25ClN4O2. The molecule has 0 saturated carbocycles. The minimum atomic E-state index is -0.176. The van der Waals surface area contributed by atoms with Gasteiger partial charge in [0.25, 0.3) is 5.91 Å². The van der Waals surface area contributed by atoms with Gasteiger partial charge < -0.3 is 19.2 Å². The molecule has 0 unspecified atom stereocenters. The molecule has 0 saturated heterocycles. The third-order valence-corrected chi connectivity index (χ3v) is 5.07. The van der Waals surface area contributed by atoms with Crippen LogP contribution in [0.25, 0.3) is 0 Å². The number of aromatic nitrogens is 2. The van der Waals surface area contributed by atoms with E-state index in [4.69, 9.17) is 21.7 Å². The second-order valence-corrected chi connectivity index (χ2v) is 7.33. The first-order valence-electron chi connectivity index (χ1n) is 9.43. The molecular weight excluding hydrogens is 388 g/mol. The molecule has 0 fully saturated rings. The van der Waals surface area contributed by atoms with Crippen LogP contribution in [0.4, 0.5) is 0 Å². The smallest absolute Gasteiger partial charge is 0.251 e. The van der Waals surface area contributed by atoms with Crippen LogP contribution < -0.4 is 15.7 Å².